The van der Waals surface area contributed by atoms with Crippen LogP contribution in [0, 0.1) is 5.92 Å². The van der Waals surface area contributed by atoms with E-state index >= 15 is 0 Å². The number of ether oxygens (including phenoxy) is 1. The monoisotopic (exact) mass is 345 g/mol. The van der Waals surface area contributed by atoms with Gasteiger partial charge in [0.2, 0.25) is 5.91 Å². The molecule has 2 aliphatic heterocycles. The lowest BCUT2D eigenvalue weighted by molar-refractivity contribution is -0.122. The van der Waals surface area contributed by atoms with Gasteiger partial charge in [0.15, 0.2) is 0 Å². The largest absolute Gasteiger partial charge is 0.378 e. The van der Waals surface area contributed by atoms with Crippen LogP contribution in [0.5, 0.6) is 0 Å². The van der Waals surface area contributed by atoms with Gasteiger partial charge < -0.3 is 15.4 Å². The minimum absolute atomic E-state index is 0.0783. The molecular formula is C20H31N3O2. The van der Waals surface area contributed by atoms with Crippen LogP contribution in [0.15, 0.2) is 24.3 Å². The van der Waals surface area contributed by atoms with Crippen LogP contribution in [0.25, 0.3) is 0 Å². The summed E-state index contributed by atoms with van der Waals surface area (Å²) in [5.74, 6) is 0.951. The number of nitrogens with one attached hydrogen (secondary N) is 2. The maximum absolute atomic E-state index is 12.0. The zero-order valence-electron chi connectivity index (χ0n) is 15.3. The Morgan fingerprint density at radius 1 is 1.24 bits per heavy atom. The number of hydrogen-bond donors (Lipinski definition) is 2. The number of carbonyl (C=O) groups excluding carboxylic acids is 1. The number of benzene rings is 1. The Morgan fingerprint density at radius 3 is 2.64 bits per heavy atom. The molecule has 2 heterocycles. The Morgan fingerprint density at radius 2 is 1.96 bits per heavy atom. The maximum Gasteiger partial charge on any atom is 0.221 e. The van der Waals surface area contributed by atoms with Gasteiger partial charge >= 0.3 is 0 Å². The smallest absolute Gasteiger partial charge is 0.221 e. The van der Waals surface area contributed by atoms with Crippen molar-refractivity contribution in [3.05, 3.63) is 35.4 Å². The lowest BCUT2D eigenvalue weighted by Gasteiger charge is -2.30. The number of likely N-dealkylation sites (tertiary alicyclic amines) is 1. The second-order valence-corrected chi connectivity index (χ2v) is 7.48. The van der Waals surface area contributed by atoms with Gasteiger partial charge in [0.1, 0.15) is 0 Å². The van der Waals surface area contributed by atoms with Gasteiger partial charge in [0.25, 0.3) is 0 Å². The summed E-state index contributed by atoms with van der Waals surface area (Å²) in [5.41, 5.74) is 2.51. The molecule has 138 valence electrons. The van der Waals surface area contributed by atoms with Gasteiger partial charge in [0, 0.05) is 32.1 Å². The van der Waals surface area contributed by atoms with E-state index in [0.717, 1.165) is 31.2 Å². The quantitative estimate of drug-likeness (QED) is 0.827. The van der Waals surface area contributed by atoms with E-state index in [-0.39, 0.29) is 11.9 Å². The second kappa shape index (κ2) is 9.32. The van der Waals surface area contributed by atoms with Crippen LogP contribution in [0.2, 0.25) is 0 Å². The number of morpholine rings is 1. The predicted octanol–water partition coefficient (Wildman–Crippen LogP) is 1.91. The normalized spacial score (nSPS) is 22.7. The number of rotatable bonds is 6. The van der Waals surface area contributed by atoms with Crippen molar-refractivity contribution in [2.45, 2.75) is 45.3 Å². The average molecular weight is 345 g/mol. The van der Waals surface area contributed by atoms with Crippen LogP contribution in [0.3, 0.4) is 0 Å². The van der Waals surface area contributed by atoms with Crippen LogP contribution < -0.4 is 10.6 Å². The Labute approximate surface area is 151 Å². The number of carbonyl (C=O) groups is 1. The lowest BCUT2D eigenvalue weighted by Crippen LogP contribution is -2.44. The summed E-state index contributed by atoms with van der Waals surface area (Å²) in [6, 6.07) is 8.78. The number of nitrogens with zero attached hydrogens (tertiary/aromatic N) is 1. The molecule has 1 amide bonds. The van der Waals surface area contributed by atoms with Crippen LogP contribution in [0.1, 0.15) is 37.3 Å². The van der Waals surface area contributed by atoms with E-state index in [0.29, 0.717) is 19.6 Å². The first-order valence-electron chi connectivity index (χ1n) is 9.57. The minimum atomic E-state index is 0.0783. The van der Waals surface area contributed by atoms with Crippen molar-refractivity contribution >= 4 is 5.91 Å². The minimum Gasteiger partial charge on any atom is -0.378 e. The molecule has 0 bridgehead atoms. The summed E-state index contributed by atoms with van der Waals surface area (Å²) in [6.07, 6.45) is 3.10. The Kier molecular flexibility index (Phi) is 6.84. The van der Waals surface area contributed by atoms with Crippen molar-refractivity contribution in [1.29, 1.82) is 0 Å². The third-order valence-corrected chi connectivity index (χ3v) is 5.23. The fourth-order valence-corrected chi connectivity index (χ4v) is 3.49. The molecule has 0 radical (unpaired) electrons. The highest BCUT2D eigenvalue weighted by Gasteiger charge is 2.17. The van der Waals surface area contributed by atoms with Gasteiger partial charge in [-0.15, -0.1) is 0 Å². The van der Waals surface area contributed by atoms with E-state index in [9.17, 15) is 4.79 Å². The van der Waals surface area contributed by atoms with Gasteiger partial charge in [-0.1, -0.05) is 31.2 Å². The summed E-state index contributed by atoms with van der Waals surface area (Å²) in [5, 5.41) is 6.31. The molecule has 2 N–H and O–H groups in total. The van der Waals surface area contributed by atoms with Crippen molar-refractivity contribution < 1.29 is 9.53 Å². The van der Waals surface area contributed by atoms with E-state index < -0.39 is 0 Å². The van der Waals surface area contributed by atoms with E-state index in [2.05, 4.69) is 46.7 Å². The molecule has 1 atom stereocenters. The van der Waals surface area contributed by atoms with Gasteiger partial charge in [0.05, 0.1) is 13.2 Å². The molecule has 1 aromatic carbocycles. The van der Waals surface area contributed by atoms with Crippen LogP contribution in [-0.2, 0) is 22.6 Å². The van der Waals surface area contributed by atoms with Crippen molar-refractivity contribution in [3.63, 3.8) is 0 Å². The van der Waals surface area contributed by atoms with Gasteiger partial charge in [-0.25, -0.2) is 0 Å². The van der Waals surface area contributed by atoms with E-state index in [1.807, 2.05) is 0 Å². The highest BCUT2D eigenvalue weighted by molar-refractivity contribution is 5.76. The average Bonchev–Trinajstić information content (AvgIpc) is 2.64. The second-order valence-electron chi connectivity index (χ2n) is 7.48. The molecule has 0 spiro atoms. The van der Waals surface area contributed by atoms with E-state index in [1.165, 1.54) is 31.5 Å². The number of amides is 1. The van der Waals surface area contributed by atoms with Gasteiger partial charge in [-0.05, 0) is 43.0 Å². The third-order valence-electron chi connectivity index (χ3n) is 5.23. The Balaban J connectivity index is 1.39. The number of hydrogen-bond acceptors (Lipinski definition) is 4. The highest BCUT2D eigenvalue weighted by atomic mass is 16.5. The molecule has 25 heavy (non-hydrogen) atoms. The Hall–Kier alpha value is -1.43. The standard InChI is InChI=1S/C20H31N3O2/c1-16-6-9-23(10-7-16)14-18-4-2-17(3-5-18)13-22-20(24)12-19-15-25-11-8-21-19/h2-5,16,19,21H,6-15H2,1H3,(H,22,24). The molecule has 2 fully saturated rings. The first-order chi connectivity index (χ1) is 12.2. The SMILES string of the molecule is CC1CCN(Cc2ccc(CNC(=O)CC3COCCN3)cc2)CC1. The molecule has 1 aromatic rings. The van der Waals surface area contributed by atoms with Crippen LogP contribution in [0.4, 0.5) is 0 Å². The number of piperidine rings is 1. The fraction of sp³-hybridized carbons (Fsp3) is 0.650. The van der Waals surface area contributed by atoms with Crippen molar-refractivity contribution in [2.24, 2.45) is 5.92 Å². The molecule has 0 saturated carbocycles. The predicted molar refractivity (Wildman–Crippen MR) is 99.2 cm³/mol. The van der Waals surface area contributed by atoms with Crippen LogP contribution in [-0.4, -0.2) is 49.7 Å². The molecule has 2 saturated heterocycles. The molecule has 0 aromatic heterocycles. The molecule has 5 heteroatoms. The lowest BCUT2D eigenvalue weighted by atomic mass is 9.99. The third kappa shape index (κ3) is 6.10. The maximum atomic E-state index is 12.0. The highest BCUT2D eigenvalue weighted by Crippen LogP contribution is 2.18. The molecule has 0 aliphatic carbocycles. The fourth-order valence-electron chi connectivity index (χ4n) is 3.49. The molecule has 5 nitrogen and oxygen atoms in total. The zero-order chi connectivity index (χ0) is 17.5. The van der Waals surface area contributed by atoms with Crippen LogP contribution >= 0.6 is 0 Å². The molecule has 1 unspecified atom stereocenters. The van der Waals surface area contributed by atoms with E-state index in [1.54, 1.807) is 0 Å². The summed E-state index contributed by atoms with van der Waals surface area (Å²) in [6.45, 7) is 8.57. The summed E-state index contributed by atoms with van der Waals surface area (Å²) in [7, 11) is 0. The summed E-state index contributed by atoms with van der Waals surface area (Å²) < 4.78 is 5.38. The summed E-state index contributed by atoms with van der Waals surface area (Å²) in [4.78, 5) is 14.6. The van der Waals surface area contributed by atoms with Crippen molar-refractivity contribution in [1.82, 2.24) is 15.5 Å². The van der Waals surface area contributed by atoms with E-state index in [4.69, 9.17) is 4.74 Å². The van der Waals surface area contributed by atoms with Crippen molar-refractivity contribution in [3.8, 4) is 0 Å². The topological polar surface area (TPSA) is 53.6 Å². The van der Waals surface area contributed by atoms with Gasteiger partial charge in [-0.2, -0.15) is 0 Å². The zero-order valence-corrected chi connectivity index (χ0v) is 15.3. The molecule has 3 rings (SSSR count). The summed E-state index contributed by atoms with van der Waals surface area (Å²) >= 11 is 0. The van der Waals surface area contributed by atoms with Gasteiger partial charge in [-0.3, -0.25) is 9.69 Å². The van der Waals surface area contributed by atoms with Crippen molar-refractivity contribution in [2.75, 3.05) is 32.8 Å². The first kappa shape index (κ1) is 18.4. The Bertz CT molecular complexity index is 532. The first-order valence-corrected chi connectivity index (χ1v) is 9.57. The molecule has 2 aliphatic rings. The molecular weight excluding hydrogens is 314 g/mol.